The van der Waals surface area contributed by atoms with Crippen molar-refractivity contribution >= 4 is 11.3 Å². The summed E-state index contributed by atoms with van der Waals surface area (Å²) < 4.78 is 0. The van der Waals surface area contributed by atoms with Crippen LogP contribution >= 0.6 is 11.3 Å². The molecule has 0 saturated carbocycles. The van der Waals surface area contributed by atoms with Gasteiger partial charge in [0.2, 0.25) is 0 Å². The van der Waals surface area contributed by atoms with Gasteiger partial charge in [-0.15, -0.1) is 11.3 Å². The molecular weight excluding hydrogens is 216 g/mol. The minimum atomic E-state index is 0.456. The van der Waals surface area contributed by atoms with Crippen LogP contribution in [0.15, 0.2) is 17.5 Å². The van der Waals surface area contributed by atoms with E-state index in [0.717, 1.165) is 12.5 Å². The molecule has 1 aromatic heterocycles. The number of hydrogen-bond acceptors (Lipinski definition) is 3. The van der Waals surface area contributed by atoms with Gasteiger partial charge in [0.25, 0.3) is 0 Å². The normalized spacial score (nSPS) is 21.1. The predicted octanol–water partition coefficient (Wildman–Crippen LogP) is 2.87. The zero-order valence-corrected chi connectivity index (χ0v) is 10.9. The third-order valence-electron chi connectivity index (χ3n) is 3.76. The summed E-state index contributed by atoms with van der Waals surface area (Å²) in [6, 6.07) is 4.80. The smallest absolute Gasteiger partial charge is 0.0564 e. The summed E-state index contributed by atoms with van der Waals surface area (Å²) in [5.41, 5.74) is 5.93. The summed E-state index contributed by atoms with van der Waals surface area (Å²) in [5.74, 6) is 0.943. The topological polar surface area (TPSA) is 29.3 Å². The van der Waals surface area contributed by atoms with Crippen molar-refractivity contribution < 1.29 is 0 Å². The summed E-state index contributed by atoms with van der Waals surface area (Å²) in [5, 5.41) is 2.15. The van der Waals surface area contributed by atoms with Gasteiger partial charge in [0.1, 0.15) is 0 Å². The van der Waals surface area contributed by atoms with Gasteiger partial charge in [-0.25, -0.2) is 0 Å². The maximum Gasteiger partial charge on any atom is 0.0564 e. The maximum absolute atomic E-state index is 5.93. The molecule has 0 amide bonds. The van der Waals surface area contributed by atoms with Gasteiger partial charge in [0.05, 0.1) is 6.04 Å². The van der Waals surface area contributed by atoms with Crippen molar-refractivity contribution in [2.45, 2.75) is 32.2 Å². The van der Waals surface area contributed by atoms with E-state index < -0.39 is 0 Å². The van der Waals surface area contributed by atoms with Crippen LogP contribution in [0.2, 0.25) is 0 Å². The number of likely N-dealkylation sites (tertiary alicyclic amines) is 1. The van der Waals surface area contributed by atoms with E-state index in [2.05, 4.69) is 29.3 Å². The molecule has 1 fully saturated rings. The van der Waals surface area contributed by atoms with Gasteiger partial charge in [-0.3, -0.25) is 4.90 Å². The molecule has 1 aliphatic rings. The van der Waals surface area contributed by atoms with Crippen LogP contribution in [0.4, 0.5) is 0 Å². The van der Waals surface area contributed by atoms with Crippen LogP contribution in [0.1, 0.15) is 37.1 Å². The van der Waals surface area contributed by atoms with Crippen LogP contribution in [-0.4, -0.2) is 24.5 Å². The first kappa shape index (κ1) is 12.1. The van der Waals surface area contributed by atoms with Crippen molar-refractivity contribution in [1.29, 1.82) is 0 Å². The molecule has 0 bridgehead atoms. The van der Waals surface area contributed by atoms with Crippen molar-refractivity contribution in [2.75, 3.05) is 19.6 Å². The minimum absolute atomic E-state index is 0.456. The lowest BCUT2D eigenvalue weighted by Crippen LogP contribution is -2.39. The number of nitrogens with zero attached hydrogens (tertiary/aromatic N) is 1. The summed E-state index contributed by atoms with van der Waals surface area (Å²) in [4.78, 5) is 4.00. The molecule has 0 aliphatic carbocycles. The van der Waals surface area contributed by atoms with E-state index in [0.29, 0.717) is 6.04 Å². The number of hydrogen-bond donors (Lipinski definition) is 1. The van der Waals surface area contributed by atoms with Crippen molar-refractivity contribution in [2.24, 2.45) is 11.7 Å². The molecule has 2 nitrogen and oxygen atoms in total. The molecule has 0 spiro atoms. The Balaban J connectivity index is 1.96. The molecular formula is C13H22N2S. The fourth-order valence-electron chi connectivity index (χ4n) is 2.60. The first-order valence-corrected chi connectivity index (χ1v) is 7.20. The fraction of sp³-hybridized carbons (Fsp3) is 0.692. The van der Waals surface area contributed by atoms with Crippen molar-refractivity contribution in [3.8, 4) is 0 Å². The van der Waals surface area contributed by atoms with Crippen molar-refractivity contribution in [3.63, 3.8) is 0 Å². The molecule has 2 heterocycles. The van der Waals surface area contributed by atoms with E-state index in [9.17, 15) is 0 Å². The third-order valence-corrected chi connectivity index (χ3v) is 4.74. The van der Waals surface area contributed by atoms with Crippen LogP contribution in [0.3, 0.4) is 0 Å². The molecule has 1 atom stereocenters. The van der Waals surface area contributed by atoms with Crippen LogP contribution in [0.5, 0.6) is 0 Å². The molecule has 2 rings (SSSR count). The van der Waals surface area contributed by atoms with Gasteiger partial charge >= 0.3 is 0 Å². The Kier molecular flexibility index (Phi) is 4.38. The Morgan fingerprint density at radius 1 is 1.50 bits per heavy atom. The molecule has 16 heavy (non-hydrogen) atoms. The Labute approximate surface area is 102 Å². The van der Waals surface area contributed by atoms with E-state index in [1.54, 1.807) is 0 Å². The van der Waals surface area contributed by atoms with E-state index >= 15 is 0 Å². The Morgan fingerprint density at radius 2 is 2.25 bits per heavy atom. The zero-order chi connectivity index (χ0) is 11.4. The van der Waals surface area contributed by atoms with Gasteiger partial charge in [0, 0.05) is 11.4 Å². The molecule has 1 aromatic rings. The molecule has 1 saturated heterocycles. The highest BCUT2D eigenvalue weighted by Gasteiger charge is 2.24. The summed E-state index contributed by atoms with van der Waals surface area (Å²) in [7, 11) is 0. The van der Waals surface area contributed by atoms with Crippen molar-refractivity contribution in [1.82, 2.24) is 4.90 Å². The Bertz CT molecular complexity index is 289. The largest absolute Gasteiger partial charge is 0.329 e. The second kappa shape index (κ2) is 5.80. The highest BCUT2D eigenvalue weighted by atomic mass is 32.1. The van der Waals surface area contributed by atoms with Gasteiger partial charge in [-0.05, 0) is 43.3 Å². The lowest BCUT2D eigenvalue weighted by Gasteiger charge is -2.36. The van der Waals surface area contributed by atoms with E-state index in [4.69, 9.17) is 5.73 Å². The van der Waals surface area contributed by atoms with Crippen LogP contribution < -0.4 is 5.73 Å². The molecule has 0 radical (unpaired) electrons. The highest BCUT2D eigenvalue weighted by molar-refractivity contribution is 7.10. The van der Waals surface area contributed by atoms with E-state index in [-0.39, 0.29) is 0 Å². The first-order chi connectivity index (χ1) is 7.85. The number of nitrogens with two attached hydrogens (primary N) is 1. The van der Waals surface area contributed by atoms with Gasteiger partial charge in [-0.1, -0.05) is 19.4 Å². The van der Waals surface area contributed by atoms with Crippen LogP contribution in [0, 0.1) is 5.92 Å². The summed E-state index contributed by atoms with van der Waals surface area (Å²) in [6.45, 7) is 5.49. The Morgan fingerprint density at radius 3 is 2.75 bits per heavy atom. The highest BCUT2D eigenvalue weighted by Crippen LogP contribution is 2.29. The fourth-order valence-corrected chi connectivity index (χ4v) is 3.47. The Hall–Kier alpha value is -0.380. The molecule has 3 heteroatoms. The molecule has 90 valence electrons. The molecule has 1 aliphatic heterocycles. The second-order valence-electron chi connectivity index (χ2n) is 4.65. The zero-order valence-electron chi connectivity index (χ0n) is 10.1. The molecule has 2 N–H and O–H groups in total. The van der Waals surface area contributed by atoms with Gasteiger partial charge in [-0.2, -0.15) is 0 Å². The van der Waals surface area contributed by atoms with Crippen LogP contribution in [0.25, 0.3) is 0 Å². The molecule has 0 aromatic carbocycles. The van der Waals surface area contributed by atoms with Crippen LogP contribution in [-0.2, 0) is 0 Å². The standard InChI is InChI=1S/C13H22N2S/c1-2-11-5-7-15(8-6-11)12(10-14)13-4-3-9-16-13/h3-4,9,11-12H,2,5-8,10,14H2,1H3. The van der Waals surface area contributed by atoms with E-state index in [1.807, 2.05) is 11.3 Å². The van der Waals surface area contributed by atoms with Crippen molar-refractivity contribution in [3.05, 3.63) is 22.4 Å². The minimum Gasteiger partial charge on any atom is -0.329 e. The quantitative estimate of drug-likeness (QED) is 0.874. The summed E-state index contributed by atoms with van der Waals surface area (Å²) >= 11 is 1.83. The third kappa shape index (κ3) is 2.65. The lowest BCUT2D eigenvalue weighted by molar-refractivity contribution is 0.135. The number of piperidine rings is 1. The SMILES string of the molecule is CCC1CCN(C(CN)c2cccs2)CC1. The van der Waals surface area contributed by atoms with E-state index in [1.165, 1.54) is 37.2 Å². The van der Waals surface area contributed by atoms with Gasteiger partial charge in [0.15, 0.2) is 0 Å². The average Bonchev–Trinajstić information content (AvgIpc) is 2.85. The maximum atomic E-state index is 5.93. The summed E-state index contributed by atoms with van der Waals surface area (Å²) in [6.07, 6.45) is 4.02. The van der Waals surface area contributed by atoms with Gasteiger partial charge < -0.3 is 5.73 Å². The molecule has 1 unspecified atom stereocenters. The second-order valence-corrected chi connectivity index (χ2v) is 5.63. The average molecular weight is 238 g/mol. The number of rotatable bonds is 4. The lowest BCUT2D eigenvalue weighted by atomic mass is 9.93. The number of thiophene rings is 1. The predicted molar refractivity (Wildman–Crippen MR) is 70.7 cm³/mol. The first-order valence-electron chi connectivity index (χ1n) is 6.32. The monoisotopic (exact) mass is 238 g/mol.